The molecule has 18 heavy (non-hydrogen) atoms. The van der Waals surface area contributed by atoms with E-state index in [9.17, 15) is 13.2 Å². The summed E-state index contributed by atoms with van der Waals surface area (Å²) in [5.74, 6) is 0.706. The first-order chi connectivity index (χ1) is 8.40. The third kappa shape index (κ3) is 3.24. The van der Waals surface area contributed by atoms with Gasteiger partial charge >= 0.3 is 6.18 Å². The summed E-state index contributed by atoms with van der Waals surface area (Å²) in [4.78, 5) is 8.10. The third-order valence-corrected chi connectivity index (χ3v) is 2.99. The molecular formula is C10H10BrF3N2O2. The number of hydrogen-bond donors (Lipinski definition) is 0. The highest BCUT2D eigenvalue weighted by Gasteiger charge is 2.32. The van der Waals surface area contributed by atoms with Gasteiger partial charge in [-0.15, -0.1) is 0 Å². The Balaban J connectivity index is 2.24. The number of halogens is 4. The highest BCUT2D eigenvalue weighted by atomic mass is 79.9. The Morgan fingerprint density at radius 2 is 1.89 bits per heavy atom. The molecule has 0 atom stereocenters. The van der Waals surface area contributed by atoms with E-state index in [4.69, 9.17) is 4.74 Å². The molecule has 1 aliphatic carbocycles. The van der Waals surface area contributed by atoms with E-state index in [0.29, 0.717) is 5.82 Å². The maximum Gasteiger partial charge on any atom is 0.422 e. The molecule has 8 heteroatoms. The van der Waals surface area contributed by atoms with Crippen LogP contribution in [0.25, 0.3) is 0 Å². The summed E-state index contributed by atoms with van der Waals surface area (Å²) in [6, 6.07) is 0. The molecule has 0 unspecified atom stereocenters. The Hall–Kier alpha value is -1.05. The molecule has 0 aromatic carbocycles. The quantitative estimate of drug-likeness (QED) is 0.853. The van der Waals surface area contributed by atoms with E-state index < -0.39 is 12.8 Å². The van der Waals surface area contributed by atoms with Gasteiger partial charge in [0.2, 0.25) is 11.8 Å². The van der Waals surface area contributed by atoms with Gasteiger partial charge in [0.05, 0.1) is 7.11 Å². The Labute approximate surface area is 110 Å². The zero-order valence-electron chi connectivity index (χ0n) is 9.42. The largest absolute Gasteiger partial charge is 0.480 e. The second-order valence-electron chi connectivity index (χ2n) is 3.89. The lowest BCUT2D eigenvalue weighted by Gasteiger charge is -2.12. The molecule has 0 N–H and O–H groups in total. The zero-order chi connectivity index (χ0) is 13.3. The van der Waals surface area contributed by atoms with Crippen molar-refractivity contribution in [1.82, 2.24) is 9.97 Å². The average molecular weight is 327 g/mol. The van der Waals surface area contributed by atoms with E-state index in [-0.39, 0.29) is 22.2 Å². The van der Waals surface area contributed by atoms with Crippen molar-refractivity contribution in [3.8, 4) is 11.8 Å². The lowest BCUT2D eigenvalue weighted by Crippen LogP contribution is -2.20. The van der Waals surface area contributed by atoms with Crippen LogP contribution < -0.4 is 9.47 Å². The van der Waals surface area contributed by atoms with Crippen molar-refractivity contribution in [1.29, 1.82) is 0 Å². The summed E-state index contributed by atoms with van der Waals surface area (Å²) in [7, 11) is 1.39. The first kappa shape index (κ1) is 13.4. The molecule has 2 rings (SSSR count). The van der Waals surface area contributed by atoms with Crippen LogP contribution in [0.3, 0.4) is 0 Å². The molecule has 1 aromatic rings. The van der Waals surface area contributed by atoms with E-state index in [1.807, 2.05) is 0 Å². The molecule has 100 valence electrons. The van der Waals surface area contributed by atoms with E-state index >= 15 is 0 Å². The molecule has 0 bridgehead atoms. The predicted molar refractivity (Wildman–Crippen MR) is 59.8 cm³/mol. The van der Waals surface area contributed by atoms with Gasteiger partial charge in [-0.25, -0.2) is 0 Å². The van der Waals surface area contributed by atoms with Crippen LogP contribution in [-0.2, 0) is 0 Å². The SMILES string of the molecule is COc1nc(C2CC2)nc(OCC(F)(F)F)c1Br. The molecule has 0 radical (unpaired) electrons. The van der Waals surface area contributed by atoms with Crippen LogP contribution >= 0.6 is 15.9 Å². The minimum absolute atomic E-state index is 0.138. The van der Waals surface area contributed by atoms with Gasteiger partial charge in [0.15, 0.2) is 6.61 Å². The summed E-state index contributed by atoms with van der Waals surface area (Å²) >= 11 is 3.07. The normalized spacial score (nSPS) is 15.6. The molecular weight excluding hydrogens is 317 g/mol. The molecule has 0 aliphatic heterocycles. The highest BCUT2D eigenvalue weighted by molar-refractivity contribution is 9.10. The lowest BCUT2D eigenvalue weighted by atomic mass is 10.4. The van der Waals surface area contributed by atoms with Gasteiger partial charge in [0, 0.05) is 5.92 Å². The molecule has 0 amide bonds. The maximum absolute atomic E-state index is 12.1. The topological polar surface area (TPSA) is 44.2 Å². The van der Waals surface area contributed by atoms with Crippen molar-refractivity contribution in [3.63, 3.8) is 0 Å². The predicted octanol–water partition coefficient (Wildman–Crippen LogP) is 3.07. The fraction of sp³-hybridized carbons (Fsp3) is 0.600. The van der Waals surface area contributed by atoms with E-state index in [1.165, 1.54) is 7.11 Å². The van der Waals surface area contributed by atoms with Crippen molar-refractivity contribution in [2.24, 2.45) is 0 Å². The number of alkyl halides is 3. The van der Waals surface area contributed by atoms with Crippen LogP contribution in [0, 0.1) is 0 Å². The standard InChI is InChI=1S/C10H10BrF3N2O2/c1-17-8-6(11)9(18-4-10(12,13)14)16-7(15-8)5-2-3-5/h5H,2-4H2,1H3. The number of nitrogens with zero attached hydrogens (tertiary/aromatic N) is 2. The lowest BCUT2D eigenvalue weighted by molar-refractivity contribution is -0.154. The van der Waals surface area contributed by atoms with E-state index in [1.54, 1.807) is 0 Å². The Morgan fingerprint density at radius 1 is 1.28 bits per heavy atom. The van der Waals surface area contributed by atoms with Gasteiger partial charge in [-0.1, -0.05) is 0 Å². The number of aromatic nitrogens is 2. The van der Waals surface area contributed by atoms with Crippen LogP contribution in [0.15, 0.2) is 4.47 Å². The second kappa shape index (κ2) is 4.91. The highest BCUT2D eigenvalue weighted by Crippen LogP contribution is 2.41. The number of rotatable bonds is 4. The van der Waals surface area contributed by atoms with Gasteiger partial charge in [-0.05, 0) is 28.8 Å². The monoisotopic (exact) mass is 326 g/mol. The van der Waals surface area contributed by atoms with Gasteiger partial charge in [0.25, 0.3) is 0 Å². The minimum Gasteiger partial charge on any atom is -0.480 e. The molecule has 1 saturated carbocycles. The molecule has 1 heterocycles. The Morgan fingerprint density at radius 3 is 2.39 bits per heavy atom. The van der Waals surface area contributed by atoms with Crippen LogP contribution in [0.4, 0.5) is 13.2 Å². The molecule has 0 spiro atoms. The van der Waals surface area contributed by atoms with Crippen molar-refractivity contribution in [2.75, 3.05) is 13.7 Å². The Kier molecular flexibility index (Phi) is 3.65. The summed E-state index contributed by atoms with van der Waals surface area (Å²) in [6.07, 6.45) is -2.54. The summed E-state index contributed by atoms with van der Waals surface area (Å²) < 4.78 is 46.2. The molecule has 0 saturated heterocycles. The van der Waals surface area contributed by atoms with Crippen molar-refractivity contribution in [3.05, 3.63) is 10.3 Å². The molecule has 1 aromatic heterocycles. The van der Waals surface area contributed by atoms with Crippen LogP contribution in [0.1, 0.15) is 24.6 Å². The van der Waals surface area contributed by atoms with E-state index in [2.05, 4.69) is 30.6 Å². The summed E-state index contributed by atoms with van der Waals surface area (Å²) in [6.45, 7) is -1.39. The van der Waals surface area contributed by atoms with Crippen molar-refractivity contribution >= 4 is 15.9 Å². The molecule has 4 nitrogen and oxygen atoms in total. The van der Waals surface area contributed by atoms with Gasteiger partial charge in [-0.3, -0.25) is 0 Å². The van der Waals surface area contributed by atoms with Gasteiger partial charge in [0.1, 0.15) is 10.3 Å². The fourth-order valence-corrected chi connectivity index (χ4v) is 1.78. The maximum atomic E-state index is 12.1. The van der Waals surface area contributed by atoms with Gasteiger partial charge < -0.3 is 9.47 Å². The summed E-state index contributed by atoms with van der Waals surface area (Å²) in [5.41, 5.74) is 0. The Bertz CT molecular complexity index is 449. The van der Waals surface area contributed by atoms with Crippen LogP contribution in [0.5, 0.6) is 11.8 Å². The molecule has 1 aliphatic rings. The van der Waals surface area contributed by atoms with Crippen LogP contribution in [0.2, 0.25) is 0 Å². The fourth-order valence-electron chi connectivity index (χ4n) is 1.33. The second-order valence-corrected chi connectivity index (χ2v) is 4.68. The number of ether oxygens (including phenoxy) is 2. The van der Waals surface area contributed by atoms with E-state index in [0.717, 1.165) is 12.8 Å². The first-order valence-electron chi connectivity index (χ1n) is 5.21. The van der Waals surface area contributed by atoms with Gasteiger partial charge in [-0.2, -0.15) is 23.1 Å². The number of hydrogen-bond acceptors (Lipinski definition) is 4. The zero-order valence-corrected chi connectivity index (χ0v) is 11.0. The third-order valence-electron chi connectivity index (χ3n) is 2.32. The van der Waals surface area contributed by atoms with Crippen LogP contribution in [-0.4, -0.2) is 29.9 Å². The minimum atomic E-state index is -4.41. The average Bonchev–Trinajstić information content (AvgIpc) is 3.10. The smallest absolute Gasteiger partial charge is 0.422 e. The van der Waals surface area contributed by atoms with Crippen molar-refractivity contribution < 1.29 is 22.6 Å². The number of methoxy groups -OCH3 is 1. The van der Waals surface area contributed by atoms with Crippen molar-refractivity contribution in [2.45, 2.75) is 24.9 Å². The first-order valence-corrected chi connectivity index (χ1v) is 6.01. The molecule has 1 fully saturated rings. The summed E-state index contributed by atoms with van der Waals surface area (Å²) in [5, 5.41) is 0.